The predicted molar refractivity (Wildman–Crippen MR) is 92.4 cm³/mol. The third kappa shape index (κ3) is 2.51. The van der Waals surface area contributed by atoms with E-state index in [-0.39, 0.29) is 17.2 Å². The number of aromatic amines is 1. The molecule has 0 unspecified atom stereocenters. The van der Waals surface area contributed by atoms with Crippen molar-refractivity contribution in [3.05, 3.63) is 45.1 Å². The highest BCUT2D eigenvalue weighted by molar-refractivity contribution is 5.77. The predicted octanol–water partition coefficient (Wildman–Crippen LogP) is 1.75. The van der Waals surface area contributed by atoms with Crippen LogP contribution in [0.15, 0.2) is 33.9 Å². The number of H-pyrrole nitrogens is 1. The summed E-state index contributed by atoms with van der Waals surface area (Å²) in [5, 5.41) is 0. The van der Waals surface area contributed by atoms with Gasteiger partial charge in [-0.2, -0.15) is 0 Å². The topological polar surface area (TPSA) is 81.9 Å². The van der Waals surface area contributed by atoms with Crippen molar-refractivity contribution in [3.63, 3.8) is 0 Å². The van der Waals surface area contributed by atoms with Gasteiger partial charge >= 0.3 is 5.69 Å². The molecule has 1 aromatic carbocycles. The van der Waals surface area contributed by atoms with Crippen molar-refractivity contribution >= 4 is 11.2 Å². The monoisotopic (exact) mass is 328 g/mol. The number of imidazole rings is 1. The lowest BCUT2D eigenvalue weighted by Crippen LogP contribution is -2.38. The lowest BCUT2D eigenvalue weighted by molar-refractivity contribution is 0.416. The summed E-state index contributed by atoms with van der Waals surface area (Å²) >= 11 is 0. The number of benzene rings is 1. The number of para-hydroxylation sites is 1. The SMILES string of the molecule is COc1ccccc1-c1nc2c([nH]1)c(=O)n(C)c(=O)n2CC(C)C. The summed E-state index contributed by atoms with van der Waals surface area (Å²) in [5.74, 6) is 1.39. The van der Waals surface area contributed by atoms with E-state index in [2.05, 4.69) is 9.97 Å². The second-order valence-electron chi connectivity index (χ2n) is 6.14. The van der Waals surface area contributed by atoms with Crippen molar-refractivity contribution in [1.29, 1.82) is 0 Å². The summed E-state index contributed by atoms with van der Waals surface area (Å²) in [5.41, 5.74) is 0.682. The molecule has 24 heavy (non-hydrogen) atoms. The quantitative estimate of drug-likeness (QED) is 0.791. The van der Waals surface area contributed by atoms with Gasteiger partial charge < -0.3 is 9.72 Å². The maximum absolute atomic E-state index is 12.5. The minimum absolute atomic E-state index is 0.245. The number of hydrogen-bond acceptors (Lipinski definition) is 4. The summed E-state index contributed by atoms with van der Waals surface area (Å²) in [4.78, 5) is 32.5. The number of nitrogens with zero attached hydrogens (tertiary/aromatic N) is 3. The van der Waals surface area contributed by atoms with Crippen LogP contribution < -0.4 is 16.0 Å². The Kier molecular flexibility index (Phi) is 4.01. The molecule has 0 atom stereocenters. The first-order valence-corrected chi connectivity index (χ1v) is 7.77. The average Bonchev–Trinajstić information content (AvgIpc) is 3.01. The molecule has 3 rings (SSSR count). The van der Waals surface area contributed by atoms with Crippen molar-refractivity contribution in [2.24, 2.45) is 13.0 Å². The van der Waals surface area contributed by atoms with Crippen molar-refractivity contribution in [3.8, 4) is 17.1 Å². The number of aromatic nitrogens is 4. The first kappa shape index (κ1) is 16.0. The van der Waals surface area contributed by atoms with Crippen LogP contribution in [0.4, 0.5) is 0 Å². The Bertz CT molecular complexity index is 1010. The van der Waals surface area contributed by atoms with Gasteiger partial charge in [0.05, 0.1) is 12.7 Å². The van der Waals surface area contributed by atoms with E-state index in [0.717, 1.165) is 10.1 Å². The molecular formula is C17H20N4O3. The third-order valence-electron chi connectivity index (χ3n) is 3.89. The van der Waals surface area contributed by atoms with Crippen molar-refractivity contribution in [2.45, 2.75) is 20.4 Å². The van der Waals surface area contributed by atoms with Crippen LogP contribution >= 0.6 is 0 Å². The molecule has 0 spiro atoms. The molecule has 0 saturated heterocycles. The maximum atomic E-state index is 12.5. The van der Waals surface area contributed by atoms with Crippen molar-refractivity contribution in [1.82, 2.24) is 19.1 Å². The van der Waals surface area contributed by atoms with E-state index >= 15 is 0 Å². The van der Waals surface area contributed by atoms with E-state index in [1.165, 1.54) is 11.6 Å². The molecule has 7 nitrogen and oxygen atoms in total. The number of ether oxygens (including phenoxy) is 1. The van der Waals surface area contributed by atoms with E-state index in [9.17, 15) is 9.59 Å². The van der Waals surface area contributed by atoms with Crippen LogP contribution in [0, 0.1) is 5.92 Å². The van der Waals surface area contributed by atoms with Crippen molar-refractivity contribution < 1.29 is 4.74 Å². The van der Waals surface area contributed by atoms with Crippen LogP contribution in [0.25, 0.3) is 22.6 Å². The molecule has 0 saturated carbocycles. The standard InChI is InChI=1S/C17H20N4O3/c1-10(2)9-21-15-13(16(22)20(3)17(21)23)18-14(19-15)11-7-5-6-8-12(11)24-4/h5-8,10H,9H2,1-4H3,(H,18,19). The Morgan fingerprint density at radius 1 is 1.25 bits per heavy atom. The van der Waals surface area contributed by atoms with E-state index in [1.807, 2.05) is 38.1 Å². The largest absolute Gasteiger partial charge is 0.496 e. The number of methoxy groups -OCH3 is 1. The molecule has 1 N–H and O–H groups in total. The number of hydrogen-bond donors (Lipinski definition) is 1. The fraction of sp³-hybridized carbons (Fsp3) is 0.353. The first-order valence-electron chi connectivity index (χ1n) is 7.77. The fourth-order valence-corrected chi connectivity index (χ4v) is 2.73. The number of nitrogens with one attached hydrogen (secondary N) is 1. The summed E-state index contributed by atoms with van der Waals surface area (Å²) in [6, 6.07) is 7.40. The van der Waals surface area contributed by atoms with Gasteiger partial charge in [0.25, 0.3) is 5.56 Å². The molecule has 0 aliphatic carbocycles. The number of rotatable bonds is 4. The van der Waals surface area contributed by atoms with E-state index in [0.29, 0.717) is 29.3 Å². The molecule has 0 radical (unpaired) electrons. The molecule has 3 aromatic rings. The molecule has 0 fully saturated rings. The van der Waals surface area contributed by atoms with Gasteiger partial charge in [-0.05, 0) is 18.1 Å². The van der Waals surface area contributed by atoms with Crippen molar-refractivity contribution in [2.75, 3.05) is 7.11 Å². The third-order valence-corrected chi connectivity index (χ3v) is 3.89. The minimum atomic E-state index is -0.386. The van der Waals surface area contributed by atoms with Crippen LogP contribution in [0.2, 0.25) is 0 Å². The first-order chi connectivity index (χ1) is 11.4. The van der Waals surface area contributed by atoms with Crippen LogP contribution in [-0.2, 0) is 13.6 Å². The van der Waals surface area contributed by atoms with E-state index in [4.69, 9.17) is 4.74 Å². The summed E-state index contributed by atoms with van der Waals surface area (Å²) in [7, 11) is 3.06. The van der Waals surface area contributed by atoms with Crippen LogP contribution in [-0.4, -0.2) is 26.2 Å². The van der Waals surface area contributed by atoms with Crippen LogP contribution in [0.5, 0.6) is 5.75 Å². The van der Waals surface area contributed by atoms with Gasteiger partial charge in [0, 0.05) is 13.6 Å². The Balaban J connectivity index is 2.34. The lowest BCUT2D eigenvalue weighted by Gasteiger charge is -2.10. The highest BCUT2D eigenvalue weighted by Crippen LogP contribution is 2.28. The molecule has 0 aliphatic heterocycles. The van der Waals surface area contributed by atoms with Gasteiger partial charge in [0.2, 0.25) is 0 Å². The summed E-state index contributed by atoms with van der Waals surface area (Å²) in [6.45, 7) is 4.51. The molecule has 2 heterocycles. The zero-order valence-corrected chi connectivity index (χ0v) is 14.2. The van der Waals surface area contributed by atoms with Gasteiger partial charge in [-0.25, -0.2) is 9.78 Å². The summed E-state index contributed by atoms with van der Waals surface area (Å²) in [6.07, 6.45) is 0. The van der Waals surface area contributed by atoms with Gasteiger partial charge in [-0.3, -0.25) is 13.9 Å². The second kappa shape index (κ2) is 5.99. The van der Waals surface area contributed by atoms with Crippen LogP contribution in [0.1, 0.15) is 13.8 Å². The van der Waals surface area contributed by atoms with E-state index < -0.39 is 0 Å². The second-order valence-corrected chi connectivity index (χ2v) is 6.14. The average molecular weight is 328 g/mol. The molecular weight excluding hydrogens is 308 g/mol. The van der Waals surface area contributed by atoms with Gasteiger partial charge in [0.1, 0.15) is 17.1 Å². The fourth-order valence-electron chi connectivity index (χ4n) is 2.73. The van der Waals surface area contributed by atoms with Gasteiger partial charge in [0.15, 0.2) is 5.65 Å². The molecule has 0 aliphatic rings. The van der Waals surface area contributed by atoms with Crippen LogP contribution in [0.3, 0.4) is 0 Å². The molecule has 7 heteroatoms. The Labute approximate surface area is 138 Å². The zero-order valence-electron chi connectivity index (χ0n) is 14.2. The lowest BCUT2D eigenvalue weighted by atomic mass is 10.2. The Hall–Kier alpha value is -2.83. The highest BCUT2D eigenvalue weighted by atomic mass is 16.5. The number of fused-ring (bicyclic) bond motifs is 1. The Morgan fingerprint density at radius 3 is 2.62 bits per heavy atom. The van der Waals surface area contributed by atoms with Gasteiger partial charge in [-0.1, -0.05) is 26.0 Å². The highest BCUT2D eigenvalue weighted by Gasteiger charge is 2.18. The van der Waals surface area contributed by atoms with Gasteiger partial charge in [-0.15, -0.1) is 0 Å². The zero-order chi connectivity index (χ0) is 17.4. The normalized spacial score (nSPS) is 11.4. The summed E-state index contributed by atoms with van der Waals surface area (Å²) < 4.78 is 8.00. The maximum Gasteiger partial charge on any atom is 0.332 e. The smallest absolute Gasteiger partial charge is 0.332 e. The van der Waals surface area contributed by atoms with E-state index in [1.54, 1.807) is 7.11 Å². The molecule has 0 amide bonds. The molecule has 126 valence electrons. The Morgan fingerprint density at radius 2 is 1.96 bits per heavy atom. The minimum Gasteiger partial charge on any atom is -0.496 e. The molecule has 2 aromatic heterocycles. The molecule has 0 bridgehead atoms.